The van der Waals surface area contributed by atoms with Gasteiger partial charge >= 0.3 is 0 Å². The molecule has 0 aliphatic heterocycles. The number of pyridine rings is 1. The van der Waals surface area contributed by atoms with Gasteiger partial charge in [-0.2, -0.15) is 0 Å². The highest BCUT2D eigenvalue weighted by Gasteiger charge is 2.21. The molecule has 0 unspecified atom stereocenters. The summed E-state index contributed by atoms with van der Waals surface area (Å²) >= 11 is 0. The molecule has 4 aromatic rings. The molecule has 2 N–H and O–H groups in total. The van der Waals surface area contributed by atoms with Gasteiger partial charge in [-0.05, 0) is 68.1 Å². The number of likely N-dealkylation sites (N-methyl/N-ethyl adjacent to an activating group) is 1. The van der Waals surface area contributed by atoms with E-state index in [0.29, 0.717) is 11.3 Å². The number of amides is 1. The molecule has 1 amide bonds. The van der Waals surface area contributed by atoms with Gasteiger partial charge in [-0.15, -0.1) is 0 Å². The van der Waals surface area contributed by atoms with Crippen molar-refractivity contribution in [3.05, 3.63) is 124 Å². The minimum Gasteiger partial charge on any atom is -0.320 e. The molecule has 1 aromatic heterocycles. The van der Waals surface area contributed by atoms with Crippen molar-refractivity contribution in [2.75, 3.05) is 12.4 Å². The lowest BCUT2D eigenvalue weighted by Crippen LogP contribution is -2.38. The largest absolute Gasteiger partial charge is 0.320 e. The predicted molar refractivity (Wildman–Crippen MR) is 139 cm³/mol. The SMILES string of the molecule is CN[C@@H](C)C(=O)Nc1ccc(-c2ccccc2)n(C(=O)c2cccc(C(=O)c3ccc(F)cc3)c2)c1=O. The molecule has 37 heavy (non-hydrogen) atoms. The fourth-order valence-corrected chi connectivity index (χ4v) is 3.73. The highest BCUT2D eigenvalue weighted by atomic mass is 19.1. The van der Waals surface area contributed by atoms with Gasteiger partial charge in [0.15, 0.2) is 5.78 Å². The van der Waals surface area contributed by atoms with Gasteiger partial charge in [-0.3, -0.25) is 19.2 Å². The number of ketones is 1. The molecule has 0 saturated carbocycles. The van der Waals surface area contributed by atoms with Crippen molar-refractivity contribution in [3.63, 3.8) is 0 Å². The third kappa shape index (κ3) is 5.44. The number of halogens is 1. The second kappa shape index (κ2) is 10.9. The van der Waals surface area contributed by atoms with Crippen molar-refractivity contribution in [2.24, 2.45) is 0 Å². The predicted octanol–water partition coefficient (Wildman–Crippen LogP) is 4.12. The quantitative estimate of drug-likeness (QED) is 0.375. The van der Waals surface area contributed by atoms with Crippen LogP contribution in [0.2, 0.25) is 0 Å². The van der Waals surface area contributed by atoms with Crippen LogP contribution in [0.3, 0.4) is 0 Å². The first-order chi connectivity index (χ1) is 17.8. The summed E-state index contributed by atoms with van der Waals surface area (Å²) in [6.07, 6.45) is 0. The summed E-state index contributed by atoms with van der Waals surface area (Å²) in [5, 5.41) is 5.37. The van der Waals surface area contributed by atoms with Gasteiger partial charge in [0, 0.05) is 16.7 Å². The first kappa shape index (κ1) is 25.4. The second-order valence-corrected chi connectivity index (χ2v) is 8.36. The Bertz CT molecular complexity index is 1530. The van der Waals surface area contributed by atoms with E-state index in [1.165, 1.54) is 48.5 Å². The van der Waals surface area contributed by atoms with E-state index in [4.69, 9.17) is 0 Å². The molecule has 7 nitrogen and oxygen atoms in total. The number of rotatable bonds is 7. The zero-order valence-corrected chi connectivity index (χ0v) is 20.2. The molecule has 0 fully saturated rings. The fraction of sp³-hybridized carbons (Fsp3) is 0.103. The third-order valence-corrected chi connectivity index (χ3v) is 5.92. The number of benzene rings is 3. The molecule has 4 rings (SSSR count). The lowest BCUT2D eigenvalue weighted by Gasteiger charge is -2.16. The average molecular weight is 498 g/mol. The summed E-state index contributed by atoms with van der Waals surface area (Å²) < 4.78 is 14.3. The minimum atomic E-state index is -0.710. The van der Waals surface area contributed by atoms with Crippen LogP contribution in [-0.2, 0) is 4.79 Å². The van der Waals surface area contributed by atoms with Crippen LogP contribution in [0.25, 0.3) is 11.3 Å². The molecule has 0 aliphatic carbocycles. The Labute approximate surface area is 212 Å². The Morgan fingerprint density at radius 3 is 2.16 bits per heavy atom. The molecule has 0 spiro atoms. The number of carbonyl (C=O) groups is 3. The lowest BCUT2D eigenvalue weighted by molar-refractivity contribution is -0.117. The van der Waals surface area contributed by atoms with E-state index in [-0.39, 0.29) is 22.4 Å². The number of nitrogens with zero attached hydrogens (tertiary/aromatic N) is 1. The molecule has 0 bridgehead atoms. The summed E-state index contributed by atoms with van der Waals surface area (Å²) in [7, 11) is 1.62. The maximum Gasteiger partial charge on any atom is 0.281 e. The van der Waals surface area contributed by atoms with Crippen LogP contribution in [0.5, 0.6) is 0 Å². The Morgan fingerprint density at radius 2 is 1.49 bits per heavy atom. The number of anilines is 1. The number of hydrogen-bond donors (Lipinski definition) is 2. The zero-order valence-electron chi connectivity index (χ0n) is 20.2. The summed E-state index contributed by atoms with van der Waals surface area (Å²) in [4.78, 5) is 52.6. The zero-order chi connectivity index (χ0) is 26.5. The number of aromatic nitrogens is 1. The average Bonchev–Trinajstić information content (AvgIpc) is 2.93. The number of hydrogen-bond acceptors (Lipinski definition) is 5. The molecule has 186 valence electrons. The van der Waals surface area contributed by atoms with Gasteiger partial charge in [-0.25, -0.2) is 8.96 Å². The van der Waals surface area contributed by atoms with Crippen LogP contribution in [0.15, 0.2) is 95.8 Å². The molecular weight excluding hydrogens is 473 g/mol. The van der Waals surface area contributed by atoms with Gasteiger partial charge in [0.1, 0.15) is 11.5 Å². The molecule has 0 radical (unpaired) electrons. The standard InChI is InChI=1S/C29H24FN3O4/c1-18(31-2)27(35)32-24-15-16-25(19-7-4-3-5-8-19)33(29(24)37)28(36)22-10-6-9-21(17-22)26(34)20-11-13-23(30)14-12-20/h3-18,31H,1-2H3,(H,32,35)/t18-/m0/s1. The highest BCUT2D eigenvalue weighted by molar-refractivity contribution is 6.10. The highest BCUT2D eigenvalue weighted by Crippen LogP contribution is 2.21. The number of nitrogens with one attached hydrogen (secondary N) is 2. The molecule has 0 saturated heterocycles. The van der Waals surface area contributed by atoms with Crippen molar-refractivity contribution in [1.29, 1.82) is 0 Å². The Balaban J connectivity index is 1.79. The molecule has 3 aromatic carbocycles. The van der Waals surface area contributed by atoms with Crippen LogP contribution in [-0.4, -0.2) is 35.3 Å². The van der Waals surface area contributed by atoms with E-state index >= 15 is 0 Å². The molecule has 0 aliphatic rings. The number of carbonyl (C=O) groups excluding carboxylic acids is 3. The molecular formula is C29H24FN3O4. The lowest BCUT2D eigenvalue weighted by atomic mass is 10.0. The Kier molecular flexibility index (Phi) is 7.50. The molecule has 8 heteroatoms. The normalized spacial score (nSPS) is 11.5. The minimum absolute atomic E-state index is 0.0568. The molecule has 1 heterocycles. The van der Waals surface area contributed by atoms with Gasteiger partial charge in [-0.1, -0.05) is 42.5 Å². The van der Waals surface area contributed by atoms with E-state index in [0.717, 1.165) is 4.57 Å². The summed E-state index contributed by atoms with van der Waals surface area (Å²) in [5.74, 6) is -1.97. The Morgan fingerprint density at radius 1 is 0.811 bits per heavy atom. The van der Waals surface area contributed by atoms with E-state index in [2.05, 4.69) is 10.6 Å². The van der Waals surface area contributed by atoms with Crippen molar-refractivity contribution < 1.29 is 18.8 Å². The van der Waals surface area contributed by atoms with Crippen molar-refractivity contribution in [1.82, 2.24) is 9.88 Å². The van der Waals surface area contributed by atoms with Gasteiger partial charge < -0.3 is 10.6 Å². The van der Waals surface area contributed by atoms with Gasteiger partial charge in [0.05, 0.1) is 11.7 Å². The van der Waals surface area contributed by atoms with Crippen LogP contribution < -0.4 is 16.2 Å². The molecule has 1 atom stereocenters. The first-order valence-electron chi connectivity index (χ1n) is 11.5. The monoisotopic (exact) mass is 497 g/mol. The van der Waals surface area contributed by atoms with Gasteiger partial charge in [0.2, 0.25) is 5.91 Å². The van der Waals surface area contributed by atoms with Crippen LogP contribution in [0, 0.1) is 5.82 Å². The third-order valence-electron chi connectivity index (χ3n) is 5.92. The van der Waals surface area contributed by atoms with Gasteiger partial charge in [0.25, 0.3) is 11.5 Å². The van der Waals surface area contributed by atoms with Crippen LogP contribution in [0.4, 0.5) is 10.1 Å². The smallest absolute Gasteiger partial charge is 0.281 e. The van der Waals surface area contributed by atoms with Crippen LogP contribution >= 0.6 is 0 Å². The Hall–Kier alpha value is -4.69. The van der Waals surface area contributed by atoms with Crippen molar-refractivity contribution >= 4 is 23.3 Å². The van der Waals surface area contributed by atoms with Crippen molar-refractivity contribution in [3.8, 4) is 11.3 Å². The maximum atomic E-state index is 13.7. The fourth-order valence-electron chi connectivity index (χ4n) is 3.73. The van der Waals surface area contributed by atoms with Crippen LogP contribution in [0.1, 0.15) is 33.2 Å². The maximum absolute atomic E-state index is 13.7. The van der Waals surface area contributed by atoms with E-state index in [1.54, 1.807) is 50.4 Å². The summed E-state index contributed by atoms with van der Waals surface area (Å²) in [6, 6.07) is 22.4. The summed E-state index contributed by atoms with van der Waals surface area (Å²) in [5.41, 5.74) is 0.741. The van der Waals surface area contributed by atoms with E-state index in [1.807, 2.05) is 6.07 Å². The second-order valence-electron chi connectivity index (χ2n) is 8.36. The van der Waals surface area contributed by atoms with E-state index < -0.39 is 35.0 Å². The topological polar surface area (TPSA) is 97.3 Å². The van der Waals surface area contributed by atoms with E-state index in [9.17, 15) is 23.6 Å². The summed E-state index contributed by atoms with van der Waals surface area (Å²) in [6.45, 7) is 1.64. The van der Waals surface area contributed by atoms with Crippen molar-refractivity contribution in [2.45, 2.75) is 13.0 Å². The first-order valence-corrected chi connectivity index (χ1v) is 11.5.